The first kappa shape index (κ1) is 14.2. The molecule has 2 unspecified atom stereocenters. The van der Waals surface area contributed by atoms with Crippen LogP contribution in [0.2, 0.25) is 0 Å². The summed E-state index contributed by atoms with van der Waals surface area (Å²) in [6.07, 6.45) is 5.86. The predicted molar refractivity (Wildman–Crippen MR) is 74.0 cm³/mol. The van der Waals surface area contributed by atoms with Gasteiger partial charge < -0.3 is 9.84 Å². The standard InChI is InChI=1S/C14H24O3S/c1-2-3-12(13(15)16)11-4-7-17-14(10-11)5-8-18-9-6-14/h11-12H,2-10H2,1H3,(H,15,16). The number of ether oxygens (including phenoxy) is 1. The van der Waals surface area contributed by atoms with Crippen LogP contribution in [-0.2, 0) is 9.53 Å². The van der Waals surface area contributed by atoms with Gasteiger partial charge in [-0.15, -0.1) is 0 Å². The molecule has 2 atom stereocenters. The zero-order valence-corrected chi connectivity index (χ0v) is 12.0. The minimum absolute atomic E-state index is 0.00953. The minimum atomic E-state index is -0.607. The molecule has 18 heavy (non-hydrogen) atoms. The number of rotatable bonds is 4. The van der Waals surface area contributed by atoms with Crippen LogP contribution in [0, 0.1) is 11.8 Å². The summed E-state index contributed by atoms with van der Waals surface area (Å²) in [4.78, 5) is 11.4. The molecular weight excluding hydrogens is 248 g/mol. The summed E-state index contributed by atoms with van der Waals surface area (Å²) in [6.45, 7) is 2.82. The van der Waals surface area contributed by atoms with Gasteiger partial charge in [0.2, 0.25) is 0 Å². The number of carbonyl (C=O) groups is 1. The van der Waals surface area contributed by atoms with E-state index >= 15 is 0 Å². The highest BCUT2D eigenvalue weighted by molar-refractivity contribution is 7.99. The topological polar surface area (TPSA) is 46.5 Å². The van der Waals surface area contributed by atoms with Crippen molar-refractivity contribution in [3.05, 3.63) is 0 Å². The highest BCUT2D eigenvalue weighted by Gasteiger charge is 2.42. The second-order valence-corrected chi connectivity index (χ2v) is 6.85. The van der Waals surface area contributed by atoms with Crippen molar-refractivity contribution in [1.29, 1.82) is 0 Å². The second kappa shape index (κ2) is 6.29. The normalized spacial score (nSPS) is 29.1. The number of hydrogen-bond acceptors (Lipinski definition) is 3. The average molecular weight is 272 g/mol. The van der Waals surface area contributed by atoms with Gasteiger partial charge in [-0.1, -0.05) is 13.3 Å². The molecule has 2 rings (SSSR count). The van der Waals surface area contributed by atoms with Crippen LogP contribution in [-0.4, -0.2) is 34.8 Å². The molecule has 1 N–H and O–H groups in total. The fraction of sp³-hybridized carbons (Fsp3) is 0.929. The molecule has 0 aromatic rings. The molecule has 104 valence electrons. The van der Waals surface area contributed by atoms with E-state index in [4.69, 9.17) is 4.74 Å². The quantitative estimate of drug-likeness (QED) is 0.854. The minimum Gasteiger partial charge on any atom is -0.481 e. The summed E-state index contributed by atoms with van der Waals surface area (Å²) >= 11 is 1.99. The molecule has 2 aliphatic rings. The molecule has 0 aromatic carbocycles. The largest absolute Gasteiger partial charge is 0.481 e. The monoisotopic (exact) mass is 272 g/mol. The summed E-state index contributed by atoms with van der Waals surface area (Å²) < 4.78 is 6.04. The molecule has 0 aromatic heterocycles. The van der Waals surface area contributed by atoms with Gasteiger partial charge in [-0.05, 0) is 49.5 Å². The van der Waals surface area contributed by atoms with Crippen molar-refractivity contribution < 1.29 is 14.6 Å². The van der Waals surface area contributed by atoms with Crippen LogP contribution in [0.4, 0.5) is 0 Å². The summed E-state index contributed by atoms with van der Waals surface area (Å²) in [5.41, 5.74) is 0.00953. The van der Waals surface area contributed by atoms with E-state index < -0.39 is 5.97 Å². The maximum absolute atomic E-state index is 11.4. The molecule has 0 saturated carbocycles. The first-order chi connectivity index (χ1) is 8.67. The van der Waals surface area contributed by atoms with Crippen molar-refractivity contribution in [3.8, 4) is 0 Å². The first-order valence-corrected chi connectivity index (χ1v) is 8.27. The van der Waals surface area contributed by atoms with Gasteiger partial charge in [-0.25, -0.2) is 0 Å². The lowest BCUT2D eigenvalue weighted by molar-refractivity contribution is -0.151. The van der Waals surface area contributed by atoms with Crippen LogP contribution in [0.5, 0.6) is 0 Å². The van der Waals surface area contributed by atoms with Gasteiger partial charge in [-0.2, -0.15) is 11.8 Å². The number of hydrogen-bond donors (Lipinski definition) is 1. The SMILES string of the molecule is CCCC(C(=O)O)C1CCOC2(CCSCC2)C1. The molecule has 2 aliphatic heterocycles. The van der Waals surface area contributed by atoms with Gasteiger partial charge >= 0.3 is 5.97 Å². The number of thioether (sulfide) groups is 1. The Morgan fingerprint density at radius 1 is 1.50 bits per heavy atom. The van der Waals surface area contributed by atoms with E-state index in [-0.39, 0.29) is 11.5 Å². The molecule has 4 heteroatoms. The summed E-state index contributed by atoms with van der Waals surface area (Å²) in [6, 6.07) is 0. The summed E-state index contributed by atoms with van der Waals surface area (Å²) in [5, 5.41) is 9.40. The molecule has 1 spiro atoms. The molecular formula is C14H24O3S. The van der Waals surface area contributed by atoms with Crippen LogP contribution in [0.25, 0.3) is 0 Å². The van der Waals surface area contributed by atoms with Crippen LogP contribution < -0.4 is 0 Å². The van der Waals surface area contributed by atoms with Gasteiger partial charge in [0.1, 0.15) is 0 Å². The first-order valence-electron chi connectivity index (χ1n) is 7.11. The second-order valence-electron chi connectivity index (χ2n) is 5.63. The highest BCUT2D eigenvalue weighted by Crippen LogP contribution is 2.42. The van der Waals surface area contributed by atoms with Crippen molar-refractivity contribution >= 4 is 17.7 Å². The summed E-state index contributed by atoms with van der Waals surface area (Å²) in [7, 11) is 0. The molecule has 3 nitrogen and oxygen atoms in total. The van der Waals surface area contributed by atoms with Gasteiger partial charge in [0, 0.05) is 6.61 Å². The molecule has 0 bridgehead atoms. The van der Waals surface area contributed by atoms with Gasteiger partial charge in [-0.3, -0.25) is 4.79 Å². The average Bonchev–Trinajstić information content (AvgIpc) is 2.36. The Hall–Kier alpha value is -0.220. The Bertz CT molecular complexity index is 281. The van der Waals surface area contributed by atoms with Crippen molar-refractivity contribution in [1.82, 2.24) is 0 Å². The van der Waals surface area contributed by atoms with Crippen molar-refractivity contribution in [2.75, 3.05) is 18.1 Å². The van der Waals surface area contributed by atoms with E-state index in [1.807, 2.05) is 11.8 Å². The predicted octanol–water partition coefficient (Wildman–Crippen LogP) is 3.18. The number of aliphatic carboxylic acids is 1. The molecule has 2 heterocycles. The van der Waals surface area contributed by atoms with Crippen molar-refractivity contribution in [2.45, 2.75) is 51.0 Å². The Morgan fingerprint density at radius 2 is 2.22 bits per heavy atom. The van der Waals surface area contributed by atoms with Crippen LogP contribution in [0.3, 0.4) is 0 Å². The lowest BCUT2D eigenvalue weighted by Gasteiger charge is -2.44. The van der Waals surface area contributed by atoms with Gasteiger partial charge in [0.15, 0.2) is 0 Å². The van der Waals surface area contributed by atoms with E-state index in [1.165, 1.54) is 0 Å². The Balaban J connectivity index is 2.02. The third kappa shape index (κ3) is 3.21. The van der Waals surface area contributed by atoms with Crippen LogP contribution in [0.1, 0.15) is 45.4 Å². The van der Waals surface area contributed by atoms with Crippen molar-refractivity contribution in [2.24, 2.45) is 11.8 Å². The van der Waals surface area contributed by atoms with Crippen LogP contribution >= 0.6 is 11.8 Å². The third-order valence-corrected chi connectivity index (χ3v) is 5.41. The fourth-order valence-corrected chi connectivity index (χ4v) is 4.61. The molecule has 2 saturated heterocycles. The molecule has 0 amide bonds. The van der Waals surface area contributed by atoms with Gasteiger partial charge in [0.25, 0.3) is 0 Å². The lowest BCUT2D eigenvalue weighted by atomic mass is 9.75. The molecule has 0 aliphatic carbocycles. The lowest BCUT2D eigenvalue weighted by Crippen LogP contribution is -2.45. The van der Waals surface area contributed by atoms with E-state index in [1.54, 1.807) is 0 Å². The van der Waals surface area contributed by atoms with Crippen LogP contribution in [0.15, 0.2) is 0 Å². The van der Waals surface area contributed by atoms with E-state index in [0.717, 1.165) is 56.6 Å². The maximum atomic E-state index is 11.4. The Kier molecular flexibility index (Phi) is 4.96. The fourth-order valence-electron chi connectivity index (χ4n) is 3.37. The maximum Gasteiger partial charge on any atom is 0.306 e. The van der Waals surface area contributed by atoms with E-state index in [9.17, 15) is 9.90 Å². The van der Waals surface area contributed by atoms with Crippen molar-refractivity contribution in [3.63, 3.8) is 0 Å². The Labute approximate surface area is 114 Å². The van der Waals surface area contributed by atoms with Gasteiger partial charge in [0.05, 0.1) is 11.5 Å². The Morgan fingerprint density at radius 3 is 2.83 bits per heavy atom. The number of carboxylic acids is 1. The smallest absolute Gasteiger partial charge is 0.306 e. The molecule has 2 fully saturated rings. The number of carboxylic acid groups (broad SMARTS) is 1. The third-order valence-electron chi connectivity index (χ3n) is 4.42. The zero-order chi connectivity index (χ0) is 13.0. The molecule has 0 radical (unpaired) electrons. The zero-order valence-electron chi connectivity index (χ0n) is 11.2. The highest BCUT2D eigenvalue weighted by atomic mass is 32.2. The van der Waals surface area contributed by atoms with E-state index in [0.29, 0.717) is 5.92 Å². The summed E-state index contributed by atoms with van der Waals surface area (Å²) in [5.74, 6) is 1.88. The van der Waals surface area contributed by atoms with E-state index in [2.05, 4.69) is 6.92 Å².